The Labute approximate surface area is 178 Å². The van der Waals surface area contributed by atoms with E-state index in [1.165, 1.54) is 6.33 Å². The van der Waals surface area contributed by atoms with Gasteiger partial charge in [-0.15, -0.1) is 0 Å². The SMILES string of the molecule is CC1([C@H]2CN(S(=O)(=O)C(F)(F)F)Cc3cc(Cl)ccc3N2Cc2cnc[nH]2)CCC1. The predicted molar refractivity (Wildman–Crippen MR) is 107 cm³/mol. The molecular weight excluding hydrogens is 441 g/mol. The molecule has 0 saturated heterocycles. The molecule has 164 valence electrons. The highest BCUT2D eigenvalue weighted by molar-refractivity contribution is 7.89. The van der Waals surface area contributed by atoms with Crippen LogP contribution >= 0.6 is 11.6 Å². The summed E-state index contributed by atoms with van der Waals surface area (Å²) in [4.78, 5) is 9.06. The zero-order chi connectivity index (χ0) is 21.7. The topological polar surface area (TPSA) is 69.3 Å². The van der Waals surface area contributed by atoms with Gasteiger partial charge < -0.3 is 9.88 Å². The number of aromatic nitrogens is 2. The number of halogens is 4. The zero-order valence-electron chi connectivity index (χ0n) is 16.3. The molecule has 4 rings (SSSR count). The van der Waals surface area contributed by atoms with Crippen LogP contribution in [0.25, 0.3) is 0 Å². The molecule has 1 aliphatic carbocycles. The molecule has 2 aliphatic rings. The Kier molecular flexibility index (Phi) is 5.31. The lowest BCUT2D eigenvalue weighted by Gasteiger charge is -2.50. The van der Waals surface area contributed by atoms with E-state index in [9.17, 15) is 21.6 Å². The summed E-state index contributed by atoms with van der Waals surface area (Å²) in [5.41, 5.74) is -3.75. The van der Waals surface area contributed by atoms with Crippen molar-refractivity contribution in [2.45, 2.75) is 50.8 Å². The number of sulfonamides is 1. The summed E-state index contributed by atoms with van der Waals surface area (Å²) in [5.74, 6) is 0. The molecule has 0 unspecified atom stereocenters. The lowest BCUT2D eigenvalue weighted by atomic mass is 9.65. The summed E-state index contributed by atoms with van der Waals surface area (Å²) >= 11 is 6.11. The third-order valence-electron chi connectivity index (χ3n) is 6.28. The minimum absolute atomic E-state index is 0.251. The second kappa shape index (κ2) is 7.42. The van der Waals surface area contributed by atoms with Gasteiger partial charge in [0, 0.05) is 36.0 Å². The predicted octanol–water partition coefficient (Wildman–Crippen LogP) is 4.29. The quantitative estimate of drug-likeness (QED) is 0.735. The van der Waals surface area contributed by atoms with Gasteiger partial charge in [-0.2, -0.15) is 17.5 Å². The molecule has 0 bridgehead atoms. The molecule has 2 aromatic rings. The molecule has 1 saturated carbocycles. The Balaban J connectivity index is 1.85. The van der Waals surface area contributed by atoms with E-state index in [1.54, 1.807) is 24.4 Å². The van der Waals surface area contributed by atoms with Crippen LogP contribution in [0.4, 0.5) is 18.9 Å². The van der Waals surface area contributed by atoms with Gasteiger partial charge in [0.1, 0.15) is 0 Å². The van der Waals surface area contributed by atoms with Crippen molar-refractivity contribution in [2.24, 2.45) is 5.41 Å². The van der Waals surface area contributed by atoms with Crippen LogP contribution in [-0.4, -0.2) is 40.8 Å². The molecule has 30 heavy (non-hydrogen) atoms. The third-order valence-corrected chi connectivity index (χ3v) is 8.06. The minimum atomic E-state index is -5.50. The average molecular weight is 463 g/mol. The molecule has 2 heterocycles. The zero-order valence-corrected chi connectivity index (χ0v) is 17.9. The van der Waals surface area contributed by atoms with Crippen LogP contribution < -0.4 is 4.90 Å². The number of nitrogens with zero attached hydrogens (tertiary/aromatic N) is 3. The van der Waals surface area contributed by atoms with Crippen LogP contribution in [0.15, 0.2) is 30.7 Å². The number of imidazole rings is 1. The molecule has 1 atom stereocenters. The van der Waals surface area contributed by atoms with Crippen molar-refractivity contribution < 1.29 is 21.6 Å². The smallest absolute Gasteiger partial charge is 0.361 e. The highest BCUT2D eigenvalue weighted by Crippen LogP contribution is 2.49. The van der Waals surface area contributed by atoms with E-state index in [4.69, 9.17) is 11.6 Å². The van der Waals surface area contributed by atoms with E-state index in [-0.39, 0.29) is 18.5 Å². The fourth-order valence-corrected chi connectivity index (χ4v) is 5.55. The number of hydrogen-bond acceptors (Lipinski definition) is 4. The monoisotopic (exact) mass is 462 g/mol. The first kappa shape index (κ1) is 21.5. The molecule has 6 nitrogen and oxygen atoms in total. The van der Waals surface area contributed by atoms with Crippen molar-refractivity contribution in [3.8, 4) is 0 Å². The van der Waals surface area contributed by atoms with Crippen molar-refractivity contribution in [3.63, 3.8) is 0 Å². The molecule has 1 aromatic carbocycles. The molecule has 1 N–H and O–H groups in total. The minimum Gasteiger partial charge on any atom is -0.361 e. The summed E-state index contributed by atoms with van der Waals surface area (Å²) in [7, 11) is -5.50. The second-order valence-corrected chi connectivity index (χ2v) is 10.6. The number of nitrogens with one attached hydrogen (secondary N) is 1. The molecule has 0 amide bonds. The molecule has 11 heteroatoms. The number of benzene rings is 1. The second-order valence-electron chi connectivity index (χ2n) is 8.24. The summed E-state index contributed by atoms with van der Waals surface area (Å²) in [6, 6.07) is 4.54. The number of anilines is 1. The molecule has 1 fully saturated rings. The first-order valence-corrected chi connectivity index (χ1v) is 11.4. The van der Waals surface area contributed by atoms with E-state index in [2.05, 4.69) is 9.97 Å². The normalized spacial score (nSPS) is 22.3. The van der Waals surface area contributed by atoms with Crippen molar-refractivity contribution in [1.29, 1.82) is 0 Å². The van der Waals surface area contributed by atoms with Gasteiger partial charge in [-0.25, -0.2) is 13.4 Å². The van der Waals surface area contributed by atoms with Gasteiger partial charge in [0.05, 0.1) is 18.6 Å². The van der Waals surface area contributed by atoms with Gasteiger partial charge in [-0.05, 0) is 42.0 Å². The Bertz CT molecular complexity index is 1020. The van der Waals surface area contributed by atoms with Gasteiger partial charge in [-0.1, -0.05) is 24.9 Å². The first-order chi connectivity index (χ1) is 14.0. The number of alkyl halides is 3. The van der Waals surface area contributed by atoms with Gasteiger partial charge in [0.25, 0.3) is 0 Å². The summed E-state index contributed by atoms with van der Waals surface area (Å²) in [6.45, 7) is 1.75. The van der Waals surface area contributed by atoms with Gasteiger partial charge in [-0.3, -0.25) is 0 Å². The average Bonchev–Trinajstić information content (AvgIpc) is 3.08. The van der Waals surface area contributed by atoms with Gasteiger partial charge >= 0.3 is 15.5 Å². The van der Waals surface area contributed by atoms with Crippen molar-refractivity contribution in [3.05, 3.63) is 47.0 Å². The Morgan fingerprint density at radius 3 is 2.63 bits per heavy atom. The van der Waals surface area contributed by atoms with Crippen LogP contribution in [-0.2, 0) is 23.1 Å². The van der Waals surface area contributed by atoms with Crippen LogP contribution in [0.3, 0.4) is 0 Å². The summed E-state index contributed by atoms with van der Waals surface area (Å²) in [5, 5.41) is 0.341. The molecule has 1 aliphatic heterocycles. The Hall–Kier alpha value is -1.78. The number of hydrogen-bond donors (Lipinski definition) is 1. The molecule has 0 spiro atoms. The van der Waals surface area contributed by atoms with Gasteiger partial charge in [0.15, 0.2) is 0 Å². The molecular formula is C19H22ClF3N4O2S. The van der Waals surface area contributed by atoms with Crippen molar-refractivity contribution >= 4 is 27.3 Å². The van der Waals surface area contributed by atoms with E-state index >= 15 is 0 Å². The fourth-order valence-electron chi connectivity index (χ4n) is 4.42. The van der Waals surface area contributed by atoms with E-state index in [1.807, 2.05) is 11.8 Å². The lowest BCUT2D eigenvalue weighted by Crippen LogP contribution is -2.55. The van der Waals surface area contributed by atoms with E-state index in [0.717, 1.165) is 25.0 Å². The highest BCUT2D eigenvalue weighted by Gasteiger charge is 2.54. The van der Waals surface area contributed by atoms with Crippen molar-refractivity contribution in [1.82, 2.24) is 14.3 Å². The van der Waals surface area contributed by atoms with Gasteiger partial charge in [0.2, 0.25) is 0 Å². The van der Waals surface area contributed by atoms with Crippen LogP contribution in [0, 0.1) is 5.41 Å². The Morgan fingerprint density at radius 2 is 2.07 bits per heavy atom. The summed E-state index contributed by atoms with van der Waals surface area (Å²) in [6.07, 6.45) is 5.80. The standard InChI is InChI=1S/C19H22ClF3N4O2S/c1-18(5-2-6-18)17-11-26(30(28,29)19(21,22)23)9-13-7-14(20)3-4-16(13)27(17)10-15-8-24-12-25-15/h3-4,7-8,12,17H,2,5-6,9-11H2,1H3,(H,24,25)/t17-/m1/s1. The highest BCUT2D eigenvalue weighted by atomic mass is 35.5. The maximum absolute atomic E-state index is 13.4. The van der Waals surface area contributed by atoms with Crippen LogP contribution in [0.2, 0.25) is 5.02 Å². The Morgan fingerprint density at radius 1 is 1.33 bits per heavy atom. The number of fused-ring (bicyclic) bond motifs is 1. The number of aromatic amines is 1. The third kappa shape index (κ3) is 3.69. The number of H-pyrrole nitrogens is 1. The maximum atomic E-state index is 13.4. The largest absolute Gasteiger partial charge is 0.511 e. The van der Waals surface area contributed by atoms with Crippen LogP contribution in [0.5, 0.6) is 0 Å². The number of rotatable bonds is 4. The summed E-state index contributed by atoms with van der Waals surface area (Å²) < 4.78 is 65.7. The molecule has 0 radical (unpaired) electrons. The van der Waals surface area contributed by atoms with Crippen molar-refractivity contribution in [2.75, 3.05) is 11.4 Å². The first-order valence-electron chi connectivity index (χ1n) is 9.60. The fraction of sp³-hybridized carbons (Fsp3) is 0.526. The van der Waals surface area contributed by atoms with E-state index < -0.39 is 21.6 Å². The van der Waals surface area contributed by atoms with E-state index in [0.29, 0.717) is 27.1 Å². The maximum Gasteiger partial charge on any atom is 0.511 e. The van der Waals surface area contributed by atoms with Crippen LogP contribution in [0.1, 0.15) is 37.4 Å². The lowest BCUT2D eigenvalue weighted by molar-refractivity contribution is -0.0498. The molecule has 1 aromatic heterocycles.